The molecule has 3 aromatic rings. The van der Waals surface area contributed by atoms with E-state index in [1.807, 2.05) is 18.2 Å². The van der Waals surface area contributed by atoms with Crippen molar-refractivity contribution in [2.24, 2.45) is 0 Å². The molecule has 19 heavy (non-hydrogen) atoms. The number of hydrogen-bond acceptors (Lipinski definition) is 5. The van der Waals surface area contributed by atoms with Gasteiger partial charge in [-0.3, -0.25) is 0 Å². The van der Waals surface area contributed by atoms with Crippen molar-refractivity contribution in [3.05, 3.63) is 41.9 Å². The third-order valence-electron chi connectivity index (χ3n) is 2.87. The van der Waals surface area contributed by atoms with Gasteiger partial charge in [-0.15, -0.1) is 0 Å². The fourth-order valence-electron chi connectivity index (χ4n) is 1.88. The smallest absolute Gasteiger partial charge is 0.151 e. The molecule has 0 amide bonds. The lowest BCUT2D eigenvalue weighted by molar-refractivity contribution is 1.23. The Labute approximate surface area is 114 Å². The van der Waals surface area contributed by atoms with Crippen LogP contribution < -0.4 is 11.5 Å². The van der Waals surface area contributed by atoms with Gasteiger partial charge >= 0.3 is 0 Å². The fraction of sp³-hybridized carbons (Fsp3) is 0. The number of anilines is 2. The molecule has 6 heteroatoms. The van der Waals surface area contributed by atoms with Gasteiger partial charge in [-0.2, -0.15) is 0 Å². The van der Waals surface area contributed by atoms with E-state index in [1.54, 1.807) is 12.3 Å². The van der Waals surface area contributed by atoms with Crippen molar-refractivity contribution >= 4 is 34.0 Å². The monoisotopic (exact) mass is 271 g/mol. The van der Waals surface area contributed by atoms with E-state index < -0.39 is 0 Å². The van der Waals surface area contributed by atoms with E-state index in [2.05, 4.69) is 15.0 Å². The summed E-state index contributed by atoms with van der Waals surface area (Å²) in [7, 11) is 0. The Morgan fingerprint density at radius 1 is 0.947 bits per heavy atom. The summed E-state index contributed by atoms with van der Waals surface area (Å²) < 4.78 is 0. The van der Waals surface area contributed by atoms with Gasteiger partial charge in [-0.25, -0.2) is 15.0 Å². The van der Waals surface area contributed by atoms with Crippen LogP contribution in [0.1, 0.15) is 0 Å². The number of rotatable bonds is 1. The van der Waals surface area contributed by atoms with Crippen molar-refractivity contribution in [2.75, 3.05) is 11.5 Å². The van der Waals surface area contributed by atoms with Crippen LogP contribution in [0.3, 0.4) is 0 Å². The first kappa shape index (κ1) is 11.7. The number of benzene rings is 1. The van der Waals surface area contributed by atoms with Gasteiger partial charge in [0.15, 0.2) is 5.15 Å². The third-order valence-corrected chi connectivity index (χ3v) is 3.18. The Balaban J connectivity index is 2.20. The molecular weight excluding hydrogens is 262 g/mol. The second-order valence-corrected chi connectivity index (χ2v) is 4.45. The van der Waals surface area contributed by atoms with E-state index >= 15 is 0 Å². The number of nitrogen functional groups attached to an aromatic ring is 2. The van der Waals surface area contributed by atoms with E-state index in [0.29, 0.717) is 16.7 Å². The predicted octanol–water partition coefficient (Wildman–Crippen LogP) is 2.51. The van der Waals surface area contributed by atoms with E-state index in [-0.39, 0.29) is 0 Å². The predicted molar refractivity (Wildman–Crippen MR) is 76.6 cm³/mol. The van der Waals surface area contributed by atoms with Crippen LogP contribution in [0.4, 0.5) is 11.5 Å². The number of hydrogen-bond donors (Lipinski definition) is 2. The Morgan fingerprint density at radius 2 is 1.79 bits per heavy atom. The zero-order valence-electron chi connectivity index (χ0n) is 9.84. The molecule has 0 fully saturated rings. The van der Waals surface area contributed by atoms with Crippen LogP contribution in [0.25, 0.3) is 22.0 Å². The molecule has 2 aromatic heterocycles. The SMILES string of the molecule is Nc1cc(-c2ccc3ncnc(N)c3c2)cnc1Cl. The van der Waals surface area contributed by atoms with Gasteiger partial charge in [0.2, 0.25) is 0 Å². The zero-order chi connectivity index (χ0) is 13.4. The second kappa shape index (κ2) is 4.37. The van der Waals surface area contributed by atoms with E-state index in [4.69, 9.17) is 23.1 Å². The van der Waals surface area contributed by atoms with Crippen molar-refractivity contribution in [3.63, 3.8) is 0 Å². The number of fused-ring (bicyclic) bond motifs is 1. The highest BCUT2D eigenvalue weighted by Gasteiger charge is 2.06. The molecule has 5 nitrogen and oxygen atoms in total. The molecule has 0 radical (unpaired) electrons. The molecule has 0 spiro atoms. The van der Waals surface area contributed by atoms with Gasteiger partial charge in [0.05, 0.1) is 11.2 Å². The van der Waals surface area contributed by atoms with E-state index in [0.717, 1.165) is 22.0 Å². The molecule has 0 aliphatic heterocycles. The Bertz CT molecular complexity index is 772. The summed E-state index contributed by atoms with van der Waals surface area (Å²) in [6.45, 7) is 0. The summed E-state index contributed by atoms with van der Waals surface area (Å²) >= 11 is 5.81. The largest absolute Gasteiger partial charge is 0.396 e. The van der Waals surface area contributed by atoms with Crippen molar-refractivity contribution in [1.29, 1.82) is 0 Å². The Kier molecular flexibility index (Phi) is 2.68. The molecule has 0 unspecified atom stereocenters. The highest BCUT2D eigenvalue weighted by atomic mass is 35.5. The van der Waals surface area contributed by atoms with Crippen molar-refractivity contribution in [1.82, 2.24) is 15.0 Å². The first-order valence-electron chi connectivity index (χ1n) is 5.57. The highest BCUT2D eigenvalue weighted by molar-refractivity contribution is 6.31. The van der Waals surface area contributed by atoms with Crippen LogP contribution in [0.5, 0.6) is 0 Å². The minimum atomic E-state index is 0.299. The van der Waals surface area contributed by atoms with Crippen molar-refractivity contribution in [3.8, 4) is 11.1 Å². The van der Waals surface area contributed by atoms with Gasteiger partial charge in [0, 0.05) is 17.1 Å². The second-order valence-electron chi connectivity index (χ2n) is 4.09. The first-order valence-corrected chi connectivity index (χ1v) is 5.94. The highest BCUT2D eigenvalue weighted by Crippen LogP contribution is 2.28. The average molecular weight is 272 g/mol. The topological polar surface area (TPSA) is 90.7 Å². The molecule has 0 saturated carbocycles. The fourth-order valence-corrected chi connectivity index (χ4v) is 1.98. The van der Waals surface area contributed by atoms with Crippen molar-refractivity contribution in [2.45, 2.75) is 0 Å². The average Bonchev–Trinajstić information content (AvgIpc) is 2.42. The molecule has 0 aliphatic carbocycles. The first-order chi connectivity index (χ1) is 9.15. The standard InChI is InChI=1S/C13H10ClN5/c14-12-10(15)4-8(5-17-12)7-1-2-11-9(3-7)13(16)19-6-18-11/h1-6H,15H2,(H2,16,18,19). The summed E-state index contributed by atoms with van der Waals surface area (Å²) in [5, 5.41) is 1.10. The summed E-state index contributed by atoms with van der Waals surface area (Å²) in [5.74, 6) is 0.446. The van der Waals surface area contributed by atoms with Gasteiger partial charge in [-0.05, 0) is 23.8 Å². The van der Waals surface area contributed by atoms with Crippen LogP contribution in [0.2, 0.25) is 5.15 Å². The summed E-state index contributed by atoms with van der Waals surface area (Å²) in [6.07, 6.45) is 3.11. The molecule has 3 rings (SSSR count). The molecule has 0 atom stereocenters. The molecule has 1 aromatic carbocycles. The quantitative estimate of drug-likeness (QED) is 0.664. The molecule has 0 saturated heterocycles. The molecule has 4 N–H and O–H groups in total. The van der Waals surface area contributed by atoms with Crippen LogP contribution in [-0.2, 0) is 0 Å². The van der Waals surface area contributed by atoms with Crippen LogP contribution >= 0.6 is 11.6 Å². The van der Waals surface area contributed by atoms with Gasteiger partial charge < -0.3 is 11.5 Å². The summed E-state index contributed by atoms with van der Waals surface area (Å²) in [6, 6.07) is 7.50. The molecule has 0 aliphatic rings. The van der Waals surface area contributed by atoms with E-state index in [9.17, 15) is 0 Å². The minimum Gasteiger partial charge on any atom is -0.396 e. The lowest BCUT2D eigenvalue weighted by Crippen LogP contribution is -1.94. The number of aromatic nitrogens is 3. The van der Waals surface area contributed by atoms with E-state index in [1.165, 1.54) is 6.33 Å². The summed E-state index contributed by atoms with van der Waals surface area (Å²) in [4.78, 5) is 12.2. The molecular formula is C13H10ClN5. The molecule has 2 heterocycles. The van der Waals surface area contributed by atoms with Crippen LogP contribution in [0, 0.1) is 0 Å². The number of pyridine rings is 1. The number of nitrogens with zero attached hydrogens (tertiary/aromatic N) is 3. The molecule has 0 bridgehead atoms. The van der Waals surface area contributed by atoms with Gasteiger partial charge in [0.1, 0.15) is 12.1 Å². The van der Waals surface area contributed by atoms with Crippen LogP contribution in [0.15, 0.2) is 36.8 Å². The third kappa shape index (κ3) is 2.04. The maximum atomic E-state index is 5.84. The Morgan fingerprint density at radius 3 is 2.58 bits per heavy atom. The lowest BCUT2D eigenvalue weighted by Gasteiger charge is -2.06. The minimum absolute atomic E-state index is 0.299. The normalized spacial score (nSPS) is 10.8. The van der Waals surface area contributed by atoms with Crippen LogP contribution in [-0.4, -0.2) is 15.0 Å². The zero-order valence-corrected chi connectivity index (χ0v) is 10.6. The lowest BCUT2D eigenvalue weighted by atomic mass is 10.0. The van der Waals surface area contributed by atoms with Crippen molar-refractivity contribution < 1.29 is 0 Å². The Hall–Kier alpha value is -2.40. The number of nitrogens with two attached hydrogens (primary N) is 2. The number of halogens is 1. The maximum absolute atomic E-state index is 5.84. The molecule has 94 valence electrons. The van der Waals surface area contributed by atoms with Gasteiger partial charge in [0.25, 0.3) is 0 Å². The summed E-state index contributed by atoms with van der Waals surface area (Å²) in [5.41, 5.74) is 14.6. The van der Waals surface area contributed by atoms with Gasteiger partial charge in [-0.1, -0.05) is 17.7 Å². The maximum Gasteiger partial charge on any atom is 0.151 e.